The van der Waals surface area contributed by atoms with Crippen LogP contribution in [0.4, 0.5) is 4.39 Å². The number of aromatic hydroxyl groups is 1. The molecule has 2 aromatic carbocycles. The molecule has 1 unspecified atom stereocenters. The zero-order chi connectivity index (χ0) is 17.2. The number of hydrogen-bond acceptors (Lipinski definition) is 2. The van der Waals surface area contributed by atoms with E-state index in [1.807, 2.05) is 32.2 Å². The van der Waals surface area contributed by atoms with E-state index in [4.69, 9.17) is 0 Å². The van der Waals surface area contributed by atoms with Crippen LogP contribution in [-0.2, 0) is 12.0 Å². The van der Waals surface area contributed by atoms with Crippen molar-refractivity contribution in [3.05, 3.63) is 52.8 Å². The highest BCUT2D eigenvalue weighted by molar-refractivity contribution is 7.55. The van der Waals surface area contributed by atoms with E-state index in [2.05, 4.69) is 26.1 Å². The average molecular weight is 333 g/mol. The van der Waals surface area contributed by atoms with Gasteiger partial charge in [0.2, 0.25) is 0 Å². The zero-order valence-corrected chi connectivity index (χ0v) is 15.4. The van der Waals surface area contributed by atoms with Crippen LogP contribution in [0.25, 0.3) is 0 Å². The quantitative estimate of drug-likeness (QED) is 0.840. The van der Waals surface area contributed by atoms with Gasteiger partial charge in [-0.05, 0) is 54.0 Å². The molecule has 0 bridgehead atoms. The Morgan fingerprint density at radius 3 is 2.43 bits per heavy atom. The molecule has 0 amide bonds. The van der Waals surface area contributed by atoms with E-state index in [1.165, 1.54) is 6.07 Å². The molecule has 0 spiro atoms. The summed E-state index contributed by atoms with van der Waals surface area (Å²) in [4.78, 5) is 0. The maximum absolute atomic E-state index is 13.5. The lowest BCUT2D eigenvalue weighted by molar-refractivity contribution is 0.450. The lowest BCUT2D eigenvalue weighted by atomic mass is 9.85. The molecule has 0 aliphatic heterocycles. The van der Waals surface area contributed by atoms with Gasteiger partial charge in [0.15, 0.2) is 0 Å². The van der Waals surface area contributed by atoms with Crippen molar-refractivity contribution < 1.29 is 9.50 Å². The third-order valence-corrected chi connectivity index (χ3v) is 5.17. The topological polar surface area (TPSA) is 32.3 Å². The van der Waals surface area contributed by atoms with Crippen LogP contribution in [0.15, 0.2) is 30.3 Å². The molecule has 2 aromatic rings. The van der Waals surface area contributed by atoms with Crippen molar-refractivity contribution in [2.45, 2.75) is 39.7 Å². The second-order valence-corrected chi connectivity index (χ2v) is 8.24. The number of rotatable bonds is 4. The molecule has 23 heavy (non-hydrogen) atoms. The van der Waals surface area contributed by atoms with Crippen LogP contribution >= 0.6 is 8.58 Å². The van der Waals surface area contributed by atoms with E-state index >= 15 is 0 Å². The molecule has 0 saturated carbocycles. The molecule has 2 rings (SSSR count). The summed E-state index contributed by atoms with van der Waals surface area (Å²) < 4.78 is 13.5. The van der Waals surface area contributed by atoms with Crippen molar-refractivity contribution in [2.75, 3.05) is 7.05 Å². The molecule has 1 atom stereocenters. The Morgan fingerprint density at radius 1 is 1.13 bits per heavy atom. The van der Waals surface area contributed by atoms with Gasteiger partial charge >= 0.3 is 0 Å². The maximum Gasteiger partial charge on any atom is 0.127 e. The molecule has 0 radical (unpaired) electrons. The van der Waals surface area contributed by atoms with E-state index < -0.39 is 0 Å². The molecule has 2 nitrogen and oxygen atoms in total. The number of benzene rings is 2. The van der Waals surface area contributed by atoms with Crippen LogP contribution in [0.1, 0.15) is 37.5 Å². The fourth-order valence-electron chi connectivity index (χ4n) is 2.61. The number of phenolic OH excluding ortho intramolecular Hbond substituents is 1. The van der Waals surface area contributed by atoms with Crippen LogP contribution in [0.3, 0.4) is 0 Å². The number of hydrogen-bond donors (Lipinski definition) is 2. The van der Waals surface area contributed by atoms with Crippen molar-refractivity contribution in [1.29, 1.82) is 0 Å². The fraction of sp³-hybridized carbons (Fsp3) is 0.368. The first-order valence-electron chi connectivity index (χ1n) is 7.76. The van der Waals surface area contributed by atoms with E-state index in [9.17, 15) is 9.50 Å². The molecule has 2 N–H and O–H groups in total. The van der Waals surface area contributed by atoms with Gasteiger partial charge in [-0.2, -0.15) is 0 Å². The molecule has 0 fully saturated rings. The highest BCUT2D eigenvalue weighted by Crippen LogP contribution is 2.33. The summed E-state index contributed by atoms with van der Waals surface area (Å²) >= 11 is 0. The van der Waals surface area contributed by atoms with Crippen LogP contribution in [0.5, 0.6) is 5.75 Å². The number of phenols is 1. The summed E-state index contributed by atoms with van der Waals surface area (Å²) in [6, 6.07) is 8.94. The summed E-state index contributed by atoms with van der Waals surface area (Å²) in [5.41, 5.74) is 2.90. The van der Waals surface area contributed by atoms with E-state index in [0.717, 1.165) is 27.3 Å². The Labute approximate surface area is 139 Å². The third kappa shape index (κ3) is 4.31. The third-order valence-electron chi connectivity index (χ3n) is 3.77. The fourth-order valence-corrected chi connectivity index (χ4v) is 3.94. The van der Waals surface area contributed by atoms with Crippen molar-refractivity contribution in [2.24, 2.45) is 0 Å². The summed E-state index contributed by atoms with van der Waals surface area (Å²) in [7, 11) is 2.14. The van der Waals surface area contributed by atoms with Gasteiger partial charge in [0.05, 0.1) is 0 Å². The summed E-state index contributed by atoms with van der Waals surface area (Å²) in [5.74, 6) is 0.133. The minimum absolute atomic E-state index is 0.119. The summed E-state index contributed by atoms with van der Waals surface area (Å²) in [5, 5.41) is 15.7. The van der Waals surface area contributed by atoms with Crippen LogP contribution in [-0.4, -0.2) is 12.2 Å². The molecule has 0 heterocycles. The minimum atomic E-state index is -0.229. The molecule has 4 heteroatoms. The Kier molecular flexibility index (Phi) is 5.44. The van der Waals surface area contributed by atoms with Crippen LogP contribution in [0.2, 0.25) is 0 Å². The van der Waals surface area contributed by atoms with E-state index in [-0.39, 0.29) is 11.2 Å². The van der Waals surface area contributed by atoms with Gasteiger partial charge in [0.1, 0.15) is 11.6 Å². The highest BCUT2D eigenvalue weighted by Gasteiger charge is 2.21. The molecule has 0 aromatic heterocycles. The number of halogens is 1. The average Bonchev–Trinajstić information content (AvgIpc) is 2.44. The lowest BCUT2D eigenvalue weighted by Crippen LogP contribution is -2.18. The van der Waals surface area contributed by atoms with E-state index in [1.54, 1.807) is 6.07 Å². The normalized spacial score (nSPS) is 12.3. The monoisotopic (exact) mass is 333 g/mol. The van der Waals surface area contributed by atoms with Crippen molar-refractivity contribution in [3.8, 4) is 5.75 Å². The van der Waals surface area contributed by atoms with Crippen LogP contribution in [0, 0.1) is 12.7 Å². The van der Waals surface area contributed by atoms with Crippen molar-refractivity contribution in [3.63, 3.8) is 0 Å². The lowest BCUT2D eigenvalue weighted by Gasteiger charge is -2.23. The van der Waals surface area contributed by atoms with Crippen molar-refractivity contribution in [1.82, 2.24) is 5.32 Å². The zero-order valence-electron chi connectivity index (χ0n) is 14.4. The Morgan fingerprint density at radius 2 is 1.83 bits per heavy atom. The van der Waals surface area contributed by atoms with Crippen LogP contribution < -0.4 is 15.9 Å². The van der Waals surface area contributed by atoms with Gasteiger partial charge in [-0.15, -0.1) is 0 Å². The summed E-state index contributed by atoms with van der Waals surface area (Å²) in [6.07, 6.45) is 0. The molecule has 0 aliphatic carbocycles. The smallest absolute Gasteiger partial charge is 0.127 e. The molecular formula is C19H25FNOP. The predicted molar refractivity (Wildman–Crippen MR) is 98.3 cm³/mol. The Bertz CT molecular complexity index is 707. The first-order valence-corrected chi connectivity index (χ1v) is 8.76. The van der Waals surface area contributed by atoms with Gasteiger partial charge in [0, 0.05) is 17.4 Å². The second-order valence-electron chi connectivity index (χ2n) is 6.92. The number of nitrogens with one attached hydrogen (secondary N) is 1. The molecular weight excluding hydrogens is 308 g/mol. The first kappa shape index (κ1) is 17.9. The second kappa shape index (κ2) is 6.98. The van der Waals surface area contributed by atoms with Gasteiger partial charge in [-0.25, -0.2) is 4.39 Å². The van der Waals surface area contributed by atoms with E-state index in [0.29, 0.717) is 20.9 Å². The maximum atomic E-state index is 13.5. The van der Waals surface area contributed by atoms with Gasteiger partial charge in [-0.3, -0.25) is 0 Å². The largest absolute Gasteiger partial charge is 0.507 e. The number of aryl methyl sites for hydroxylation is 1. The Balaban J connectivity index is 2.47. The molecule has 0 saturated heterocycles. The summed E-state index contributed by atoms with van der Waals surface area (Å²) in [6.45, 7) is 8.94. The van der Waals surface area contributed by atoms with Gasteiger partial charge in [-0.1, -0.05) is 41.5 Å². The standard InChI is InChI=1S/C19H25FNOP/c1-12-8-15(19(2,3)4)18(22)17(9-12)23-16-7-6-14(20)10-13(16)11-21-5/h6-10,21-23H,11H2,1-5H3. The van der Waals surface area contributed by atoms with Gasteiger partial charge < -0.3 is 10.4 Å². The highest BCUT2D eigenvalue weighted by atomic mass is 31.1. The minimum Gasteiger partial charge on any atom is -0.507 e. The van der Waals surface area contributed by atoms with Crippen molar-refractivity contribution >= 4 is 19.2 Å². The SMILES string of the molecule is CNCc1cc(F)ccc1Pc1cc(C)cc(C(C)(C)C)c1O. The van der Waals surface area contributed by atoms with Gasteiger partial charge in [0.25, 0.3) is 0 Å². The predicted octanol–water partition coefficient (Wildman–Crippen LogP) is 3.49. The molecule has 0 aliphatic rings. The first-order chi connectivity index (χ1) is 10.7. The molecule has 124 valence electrons. The Hall–Kier alpha value is -1.44.